The van der Waals surface area contributed by atoms with Gasteiger partial charge in [-0.3, -0.25) is 14.7 Å². The first-order valence-electron chi connectivity index (χ1n) is 7.61. The van der Waals surface area contributed by atoms with Crippen molar-refractivity contribution in [1.29, 1.82) is 0 Å². The summed E-state index contributed by atoms with van der Waals surface area (Å²) in [4.78, 5) is 20.7. The minimum atomic E-state index is 0.0957. The van der Waals surface area contributed by atoms with Gasteiger partial charge in [0.15, 0.2) is 0 Å². The molecule has 0 aromatic carbocycles. The number of aromatic nitrogens is 1. The Morgan fingerprint density at radius 2 is 2.33 bits per heavy atom. The Bertz CT molecular complexity index is 520. The first-order valence-corrected chi connectivity index (χ1v) is 7.61. The number of hydrogen-bond donors (Lipinski definition) is 0. The van der Waals surface area contributed by atoms with Crippen molar-refractivity contribution in [3.05, 3.63) is 29.6 Å². The molecule has 0 saturated carbocycles. The number of piperidine rings is 1. The van der Waals surface area contributed by atoms with Crippen LogP contribution in [0.5, 0.6) is 0 Å². The van der Waals surface area contributed by atoms with Crippen molar-refractivity contribution in [2.75, 3.05) is 33.4 Å². The number of rotatable bonds is 2. The van der Waals surface area contributed by atoms with Gasteiger partial charge in [-0.2, -0.15) is 0 Å². The summed E-state index contributed by atoms with van der Waals surface area (Å²) in [5, 5.41) is 0. The third-order valence-electron chi connectivity index (χ3n) is 4.75. The molecule has 2 fully saturated rings. The lowest BCUT2D eigenvalue weighted by atomic mass is 9.91. The molecule has 0 unspecified atom stereocenters. The molecule has 0 spiro atoms. The van der Waals surface area contributed by atoms with Crippen LogP contribution in [-0.2, 0) is 16.1 Å². The zero-order valence-electron chi connectivity index (χ0n) is 12.8. The summed E-state index contributed by atoms with van der Waals surface area (Å²) in [5.74, 6) is 0.556. The highest BCUT2D eigenvalue weighted by Crippen LogP contribution is 2.25. The van der Waals surface area contributed by atoms with Crippen LogP contribution in [0.4, 0.5) is 0 Å². The summed E-state index contributed by atoms with van der Waals surface area (Å²) >= 11 is 0. The maximum absolute atomic E-state index is 12.0. The van der Waals surface area contributed by atoms with E-state index in [2.05, 4.69) is 22.9 Å². The molecule has 2 aliphatic rings. The van der Waals surface area contributed by atoms with Crippen molar-refractivity contribution in [2.45, 2.75) is 25.9 Å². The largest absolute Gasteiger partial charge is 0.371 e. The van der Waals surface area contributed by atoms with E-state index in [1.54, 1.807) is 0 Å². The molecule has 21 heavy (non-hydrogen) atoms. The molecule has 5 heteroatoms. The Balaban J connectivity index is 1.70. The quantitative estimate of drug-likeness (QED) is 0.817. The smallest absolute Gasteiger partial charge is 0.248 e. The standard InChI is InChI=1S/C16H23N3O2/c1-12-4-3-6-17-14(12)8-19-7-5-13-10-21-11-16(20)18(2)15(13)9-19/h3-4,6,13,15H,5,7-11H2,1-2H3/t13-,15-/m0/s1. The molecule has 1 amide bonds. The van der Waals surface area contributed by atoms with Crippen LogP contribution in [0.2, 0.25) is 0 Å². The average molecular weight is 289 g/mol. The minimum absolute atomic E-state index is 0.0957. The lowest BCUT2D eigenvalue weighted by Gasteiger charge is -2.41. The molecule has 2 atom stereocenters. The van der Waals surface area contributed by atoms with Crippen molar-refractivity contribution in [2.24, 2.45) is 5.92 Å². The van der Waals surface area contributed by atoms with Crippen molar-refractivity contribution in [1.82, 2.24) is 14.8 Å². The van der Waals surface area contributed by atoms with Gasteiger partial charge in [0, 0.05) is 38.3 Å². The summed E-state index contributed by atoms with van der Waals surface area (Å²) in [6.07, 6.45) is 2.93. The van der Waals surface area contributed by atoms with Gasteiger partial charge in [-0.05, 0) is 31.5 Å². The predicted octanol–water partition coefficient (Wildman–Crippen LogP) is 1.07. The first kappa shape index (κ1) is 14.5. The van der Waals surface area contributed by atoms with Crippen molar-refractivity contribution in [3.8, 4) is 0 Å². The SMILES string of the molecule is Cc1cccnc1CN1CC[C@H]2COCC(=O)N(C)[C@H]2C1. The lowest BCUT2D eigenvalue weighted by Crippen LogP contribution is -2.52. The van der Waals surface area contributed by atoms with E-state index in [0.717, 1.165) is 31.7 Å². The Kier molecular flexibility index (Phi) is 4.22. The van der Waals surface area contributed by atoms with E-state index in [4.69, 9.17) is 4.74 Å². The highest BCUT2D eigenvalue weighted by Gasteiger charge is 2.36. The molecule has 0 N–H and O–H groups in total. The molecule has 0 aliphatic carbocycles. The zero-order chi connectivity index (χ0) is 14.8. The summed E-state index contributed by atoms with van der Waals surface area (Å²) in [6.45, 7) is 5.85. The zero-order valence-corrected chi connectivity index (χ0v) is 12.8. The maximum atomic E-state index is 12.0. The van der Waals surface area contributed by atoms with E-state index < -0.39 is 0 Å². The van der Waals surface area contributed by atoms with Crippen molar-refractivity contribution in [3.63, 3.8) is 0 Å². The van der Waals surface area contributed by atoms with Gasteiger partial charge in [-0.15, -0.1) is 0 Å². The van der Waals surface area contributed by atoms with Gasteiger partial charge in [0.25, 0.3) is 0 Å². The number of nitrogens with zero attached hydrogens (tertiary/aromatic N) is 3. The molecule has 1 aromatic rings. The molecule has 5 nitrogen and oxygen atoms in total. The molecule has 3 heterocycles. The van der Waals surface area contributed by atoms with Gasteiger partial charge < -0.3 is 9.64 Å². The Labute approximate surface area is 125 Å². The summed E-state index contributed by atoms with van der Waals surface area (Å²) < 4.78 is 5.50. The number of pyridine rings is 1. The highest BCUT2D eigenvalue weighted by atomic mass is 16.5. The number of aryl methyl sites for hydroxylation is 1. The molecule has 1 aromatic heterocycles. The third-order valence-corrected chi connectivity index (χ3v) is 4.75. The number of hydrogen-bond acceptors (Lipinski definition) is 4. The number of likely N-dealkylation sites (N-methyl/N-ethyl adjacent to an activating group) is 1. The van der Waals surface area contributed by atoms with Gasteiger partial charge in [0.05, 0.1) is 12.3 Å². The van der Waals surface area contributed by atoms with E-state index in [1.807, 2.05) is 24.2 Å². The fraction of sp³-hybridized carbons (Fsp3) is 0.625. The monoisotopic (exact) mass is 289 g/mol. The topological polar surface area (TPSA) is 45.7 Å². The molecule has 2 aliphatic heterocycles. The number of amides is 1. The second-order valence-electron chi connectivity index (χ2n) is 6.14. The lowest BCUT2D eigenvalue weighted by molar-refractivity contribution is -0.134. The van der Waals surface area contributed by atoms with Crippen LogP contribution in [0.3, 0.4) is 0 Å². The van der Waals surface area contributed by atoms with Crippen LogP contribution in [0.1, 0.15) is 17.7 Å². The number of likely N-dealkylation sites (tertiary alicyclic amines) is 1. The Morgan fingerprint density at radius 1 is 1.48 bits per heavy atom. The van der Waals surface area contributed by atoms with Gasteiger partial charge in [-0.1, -0.05) is 6.07 Å². The van der Waals surface area contributed by atoms with E-state index in [0.29, 0.717) is 12.5 Å². The number of fused-ring (bicyclic) bond motifs is 1. The van der Waals surface area contributed by atoms with Gasteiger partial charge >= 0.3 is 0 Å². The van der Waals surface area contributed by atoms with Crippen molar-refractivity contribution < 1.29 is 9.53 Å². The van der Waals surface area contributed by atoms with Gasteiger partial charge in [0.1, 0.15) is 6.61 Å². The molecule has 114 valence electrons. The summed E-state index contributed by atoms with van der Waals surface area (Å²) in [7, 11) is 1.91. The van der Waals surface area contributed by atoms with Crippen LogP contribution < -0.4 is 0 Å². The van der Waals surface area contributed by atoms with Gasteiger partial charge in [-0.25, -0.2) is 0 Å². The average Bonchev–Trinajstić information content (AvgIpc) is 2.62. The van der Waals surface area contributed by atoms with E-state index in [-0.39, 0.29) is 18.6 Å². The number of carbonyl (C=O) groups excluding carboxylic acids is 1. The highest BCUT2D eigenvalue weighted by molar-refractivity contribution is 5.77. The fourth-order valence-corrected chi connectivity index (χ4v) is 3.30. The Hall–Kier alpha value is -1.46. The molecule has 2 saturated heterocycles. The maximum Gasteiger partial charge on any atom is 0.248 e. The van der Waals surface area contributed by atoms with Crippen LogP contribution in [-0.4, -0.2) is 60.1 Å². The number of carbonyl (C=O) groups is 1. The second kappa shape index (κ2) is 6.12. The third kappa shape index (κ3) is 3.09. The molecular weight excluding hydrogens is 266 g/mol. The Morgan fingerprint density at radius 3 is 3.14 bits per heavy atom. The van der Waals surface area contributed by atoms with Crippen LogP contribution in [0.15, 0.2) is 18.3 Å². The first-order chi connectivity index (χ1) is 10.1. The predicted molar refractivity (Wildman–Crippen MR) is 79.7 cm³/mol. The van der Waals surface area contributed by atoms with E-state index >= 15 is 0 Å². The summed E-state index contributed by atoms with van der Waals surface area (Å²) in [6, 6.07) is 4.34. The molecule has 0 bridgehead atoms. The molecular formula is C16H23N3O2. The van der Waals surface area contributed by atoms with E-state index in [9.17, 15) is 4.79 Å². The van der Waals surface area contributed by atoms with Gasteiger partial charge in [0.2, 0.25) is 5.91 Å². The molecule has 0 radical (unpaired) electrons. The normalized spacial score (nSPS) is 27.3. The molecule has 3 rings (SSSR count). The van der Waals surface area contributed by atoms with E-state index in [1.165, 1.54) is 5.56 Å². The second-order valence-corrected chi connectivity index (χ2v) is 6.14. The minimum Gasteiger partial charge on any atom is -0.371 e. The fourth-order valence-electron chi connectivity index (χ4n) is 3.30. The van der Waals surface area contributed by atoms with Crippen molar-refractivity contribution >= 4 is 5.91 Å². The van der Waals surface area contributed by atoms with Crippen LogP contribution >= 0.6 is 0 Å². The van der Waals surface area contributed by atoms with Crippen LogP contribution in [0.25, 0.3) is 0 Å². The summed E-state index contributed by atoms with van der Waals surface area (Å²) in [5.41, 5.74) is 2.36. The number of ether oxygens (including phenoxy) is 1. The van der Waals surface area contributed by atoms with Crippen LogP contribution in [0, 0.1) is 12.8 Å².